The van der Waals surface area contributed by atoms with Gasteiger partial charge in [0.05, 0.1) is 23.2 Å². The predicted molar refractivity (Wildman–Crippen MR) is 76.1 cm³/mol. The highest BCUT2D eigenvalue weighted by Crippen LogP contribution is 2.31. The highest BCUT2D eigenvalue weighted by molar-refractivity contribution is 9.10. The van der Waals surface area contributed by atoms with Crippen molar-refractivity contribution in [1.82, 2.24) is 0 Å². The summed E-state index contributed by atoms with van der Waals surface area (Å²) in [5, 5.41) is 8.89. The van der Waals surface area contributed by atoms with E-state index in [4.69, 9.17) is 14.7 Å². The fraction of sp³-hybridized carbons (Fsp3) is 0.133. The van der Waals surface area contributed by atoms with E-state index in [1.807, 2.05) is 6.07 Å². The van der Waals surface area contributed by atoms with E-state index in [9.17, 15) is 8.78 Å². The second-order valence-corrected chi connectivity index (χ2v) is 4.98. The van der Waals surface area contributed by atoms with Crippen LogP contribution in [0.25, 0.3) is 0 Å². The summed E-state index contributed by atoms with van der Waals surface area (Å²) in [7, 11) is 1.49. The van der Waals surface area contributed by atoms with Crippen LogP contribution in [0, 0.1) is 23.0 Å². The van der Waals surface area contributed by atoms with Crippen LogP contribution < -0.4 is 9.47 Å². The Bertz CT molecular complexity index is 690. The number of ether oxygens (including phenoxy) is 2. The van der Waals surface area contributed by atoms with Crippen molar-refractivity contribution in [2.75, 3.05) is 7.11 Å². The van der Waals surface area contributed by atoms with E-state index in [0.717, 1.165) is 12.1 Å². The molecule has 0 bridgehead atoms. The number of nitriles is 1. The van der Waals surface area contributed by atoms with Crippen molar-refractivity contribution in [3.63, 3.8) is 0 Å². The third-order valence-corrected chi connectivity index (χ3v) is 3.33. The van der Waals surface area contributed by atoms with E-state index < -0.39 is 11.6 Å². The van der Waals surface area contributed by atoms with Gasteiger partial charge in [0, 0.05) is 11.6 Å². The van der Waals surface area contributed by atoms with Crippen LogP contribution in [0.2, 0.25) is 0 Å². The zero-order valence-electron chi connectivity index (χ0n) is 11.0. The van der Waals surface area contributed by atoms with Gasteiger partial charge >= 0.3 is 0 Å². The van der Waals surface area contributed by atoms with Gasteiger partial charge in [0.2, 0.25) is 0 Å². The molecule has 0 fully saturated rings. The van der Waals surface area contributed by atoms with Gasteiger partial charge in [-0.05, 0) is 40.2 Å². The molecule has 2 rings (SSSR count). The summed E-state index contributed by atoms with van der Waals surface area (Å²) in [6, 6.07) is 8.69. The van der Waals surface area contributed by atoms with Crippen molar-refractivity contribution in [1.29, 1.82) is 5.26 Å². The van der Waals surface area contributed by atoms with Crippen molar-refractivity contribution in [2.45, 2.75) is 6.61 Å². The van der Waals surface area contributed by atoms with Gasteiger partial charge in [-0.2, -0.15) is 5.26 Å². The minimum atomic E-state index is -0.808. The molecule has 0 aliphatic rings. The van der Waals surface area contributed by atoms with Crippen LogP contribution in [0.3, 0.4) is 0 Å². The van der Waals surface area contributed by atoms with E-state index in [1.165, 1.54) is 7.11 Å². The summed E-state index contributed by atoms with van der Waals surface area (Å²) in [5.41, 5.74) is 1.03. The molecule has 0 saturated heterocycles. The lowest BCUT2D eigenvalue weighted by molar-refractivity contribution is 0.280. The molecule has 108 valence electrons. The lowest BCUT2D eigenvalue weighted by Crippen LogP contribution is -2.01. The molecule has 6 heteroatoms. The predicted octanol–water partition coefficient (Wildman–Crippen LogP) is 4.19. The minimum Gasteiger partial charge on any atom is -0.496 e. The molecule has 21 heavy (non-hydrogen) atoms. The summed E-state index contributed by atoms with van der Waals surface area (Å²) in [6.07, 6.45) is 0. The van der Waals surface area contributed by atoms with E-state index in [-0.39, 0.29) is 16.8 Å². The van der Waals surface area contributed by atoms with Crippen molar-refractivity contribution in [2.24, 2.45) is 0 Å². The fourth-order valence-electron chi connectivity index (χ4n) is 1.78. The zero-order chi connectivity index (χ0) is 15.4. The van der Waals surface area contributed by atoms with Crippen LogP contribution in [-0.2, 0) is 6.61 Å². The van der Waals surface area contributed by atoms with Crippen LogP contribution in [0.4, 0.5) is 8.78 Å². The average Bonchev–Trinajstić information content (AvgIpc) is 2.45. The van der Waals surface area contributed by atoms with Crippen LogP contribution >= 0.6 is 15.9 Å². The van der Waals surface area contributed by atoms with Crippen molar-refractivity contribution in [3.05, 3.63) is 57.6 Å². The van der Waals surface area contributed by atoms with E-state index in [2.05, 4.69) is 15.9 Å². The Kier molecular flexibility index (Phi) is 4.76. The molecule has 3 nitrogen and oxygen atoms in total. The molecule has 0 aliphatic heterocycles. The van der Waals surface area contributed by atoms with Gasteiger partial charge in [0.15, 0.2) is 11.6 Å². The molecule has 2 aromatic rings. The number of nitrogens with zero attached hydrogens (tertiary/aromatic N) is 1. The van der Waals surface area contributed by atoms with Gasteiger partial charge < -0.3 is 9.47 Å². The van der Waals surface area contributed by atoms with Crippen molar-refractivity contribution < 1.29 is 18.3 Å². The summed E-state index contributed by atoms with van der Waals surface area (Å²) in [5.74, 6) is -1.08. The topological polar surface area (TPSA) is 42.2 Å². The van der Waals surface area contributed by atoms with Gasteiger partial charge in [-0.1, -0.05) is 0 Å². The third-order valence-electron chi connectivity index (χ3n) is 2.74. The standard InChI is InChI=1S/C15H10BrF2NO2/c1-20-14-3-2-9(7-19)4-10(14)8-21-15-12(16)5-11(17)6-13(15)18/h2-6H,8H2,1H3. The molecular weight excluding hydrogens is 344 g/mol. The number of halogens is 3. The largest absolute Gasteiger partial charge is 0.496 e. The third kappa shape index (κ3) is 3.50. The highest BCUT2D eigenvalue weighted by Gasteiger charge is 2.13. The lowest BCUT2D eigenvalue weighted by atomic mass is 10.1. The minimum absolute atomic E-state index is 0.0140. The number of hydrogen-bond acceptors (Lipinski definition) is 3. The van der Waals surface area contributed by atoms with Crippen molar-refractivity contribution in [3.8, 4) is 17.6 Å². The van der Waals surface area contributed by atoms with Gasteiger partial charge in [-0.25, -0.2) is 8.78 Å². The number of methoxy groups -OCH3 is 1. The molecule has 0 spiro atoms. The van der Waals surface area contributed by atoms with Crippen LogP contribution in [0.15, 0.2) is 34.8 Å². The molecule has 0 aromatic heterocycles. The second kappa shape index (κ2) is 6.55. The maximum absolute atomic E-state index is 13.7. The Morgan fingerprint density at radius 2 is 2.00 bits per heavy atom. The number of hydrogen-bond donors (Lipinski definition) is 0. The van der Waals surface area contributed by atoms with Crippen LogP contribution in [-0.4, -0.2) is 7.11 Å². The molecular formula is C15H10BrF2NO2. The Morgan fingerprint density at radius 1 is 1.24 bits per heavy atom. The first-order valence-corrected chi connectivity index (χ1v) is 6.69. The molecule has 0 unspecified atom stereocenters. The van der Waals surface area contributed by atoms with Gasteiger partial charge in [0.1, 0.15) is 18.2 Å². The summed E-state index contributed by atoms with van der Waals surface area (Å²) in [6.45, 7) is -0.0140. The zero-order valence-corrected chi connectivity index (χ0v) is 12.6. The number of rotatable bonds is 4. The van der Waals surface area contributed by atoms with E-state index >= 15 is 0 Å². The summed E-state index contributed by atoms with van der Waals surface area (Å²) in [4.78, 5) is 0. The maximum atomic E-state index is 13.7. The smallest absolute Gasteiger partial charge is 0.169 e. The van der Waals surface area contributed by atoms with Crippen molar-refractivity contribution >= 4 is 15.9 Å². The fourth-order valence-corrected chi connectivity index (χ4v) is 2.30. The first kappa shape index (κ1) is 15.3. The number of benzene rings is 2. The molecule has 2 aromatic carbocycles. The van der Waals surface area contributed by atoms with Crippen LogP contribution in [0.5, 0.6) is 11.5 Å². The Labute approximate surface area is 128 Å². The maximum Gasteiger partial charge on any atom is 0.169 e. The van der Waals surface area contributed by atoms with Gasteiger partial charge in [-0.3, -0.25) is 0 Å². The SMILES string of the molecule is COc1ccc(C#N)cc1COc1c(F)cc(F)cc1Br. The Morgan fingerprint density at radius 3 is 2.62 bits per heavy atom. The second-order valence-electron chi connectivity index (χ2n) is 4.13. The molecule has 0 N–H and O–H groups in total. The first-order valence-electron chi connectivity index (χ1n) is 5.89. The highest BCUT2D eigenvalue weighted by atomic mass is 79.9. The molecule has 0 radical (unpaired) electrons. The van der Waals surface area contributed by atoms with Gasteiger partial charge in [0.25, 0.3) is 0 Å². The summed E-state index contributed by atoms with van der Waals surface area (Å²) < 4.78 is 37.4. The van der Waals surface area contributed by atoms with Gasteiger partial charge in [-0.15, -0.1) is 0 Å². The Hall–Kier alpha value is -2.13. The normalized spacial score (nSPS) is 10.0. The molecule has 0 aliphatic carbocycles. The first-order chi connectivity index (χ1) is 10.0. The van der Waals surface area contributed by atoms with Crippen LogP contribution in [0.1, 0.15) is 11.1 Å². The molecule has 0 atom stereocenters. The average molecular weight is 354 g/mol. The molecule has 0 amide bonds. The summed E-state index contributed by atoms with van der Waals surface area (Å²) >= 11 is 3.05. The quantitative estimate of drug-likeness (QED) is 0.827. The molecule has 0 saturated carbocycles. The lowest BCUT2D eigenvalue weighted by Gasteiger charge is -2.12. The van der Waals surface area contributed by atoms with E-state index in [1.54, 1.807) is 18.2 Å². The van der Waals surface area contributed by atoms with E-state index in [0.29, 0.717) is 16.9 Å². The Balaban J connectivity index is 2.26. The monoisotopic (exact) mass is 353 g/mol. The molecule has 0 heterocycles.